The summed E-state index contributed by atoms with van der Waals surface area (Å²) in [7, 11) is 0. The summed E-state index contributed by atoms with van der Waals surface area (Å²) >= 11 is 0. The van der Waals surface area contributed by atoms with Gasteiger partial charge in [0.1, 0.15) is 0 Å². The van der Waals surface area contributed by atoms with Crippen molar-refractivity contribution in [1.29, 1.82) is 0 Å². The third-order valence-electron chi connectivity index (χ3n) is 0.813. The molecule has 0 amide bonds. The van der Waals surface area contributed by atoms with Crippen molar-refractivity contribution in [2.45, 2.75) is 27.7 Å². The van der Waals surface area contributed by atoms with Gasteiger partial charge in [-0.05, 0) is 26.0 Å². The van der Waals surface area contributed by atoms with Gasteiger partial charge >= 0.3 is 45.5 Å². The molecule has 0 fully saturated rings. The molecule has 0 rings (SSSR count). The monoisotopic (exact) mass is 286 g/mol. The van der Waals surface area contributed by atoms with E-state index >= 15 is 0 Å². The van der Waals surface area contributed by atoms with Crippen molar-refractivity contribution >= 4 is 57.0 Å². The Labute approximate surface area is 127 Å². The quantitative estimate of drug-likeness (QED) is 0.382. The first kappa shape index (κ1) is 20.3. The molecule has 0 radical (unpaired) electrons. The van der Waals surface area contributed by atoms with E-state index in [1.807, 2.05) is 0 Å². The van der Waals surface area contributed by atoms with E-state index in [0.29, 0.717) is 0 Å². The summed E-state index contributed by atoms with van der Waals surface area (Å²) in [5.74, 6) is -0.750. The second-order valence-corrected chi connectivity index (χ2v) is 2.73. The Morgan fingerprint density at radius 1 is 0.800 bits per heavy atom. The molecule has 15 heavy (non-hydrogen) atoms. The van der Waals surface area contributed by atoms with Gasteiger partial charge in [0.05, 0.1) is 0 Å². The zero-order valence-electron chi connectivity index (χ0n) is 9.49. The van der Waals surface area contributed by atoms with Gasteiger partial charge in [0.15, 0.2) is 11.6 Å². The molecule has 0 spiro atoms. The Morgan fingerprint density at radius 3 is 1.00 bits per heavy atom. The summed E-state index contributed by atoms with van der Waals surface area (Å²) in [6.07, 6.45) is 2.11. The SMILES string of the molecule is CC(=O)/C=C(/C)[O-].CC(=O)/C=C(\C)[O-].[Sr+2]. The van der Waals surface area contributed by atoms with Crippen molar-refractivity contribution in [1.82, 2.24) is 0 Å². The maximum absolute atomic E-state index is 9.98. The van der Waals surface area contributed by atoms with Crippen LogP contribution in [-0.2, 0) is 9.59 Å². The van der Waals surface area contributed by atoms with E-state index < -0.39 is 0 Å². The minimum Gasteiger partial charge on any atom is -0.876 e. The number of carbonyl (C=O) groups is 2. The molecule has 0 saturated carbocycles. The van der Waals surface area contributed by atoms with Crippen LogP contribution >= 0.6 is 0 Å². The number of rotatable bonds is 2. The average molecular weight is 286 g/mol. The van der Waals surface area contributed by atoms with Gasteiger partial charge in [-0.25, -0.2) is 0 Å². The Balaban J connectivity index is -0.000000180. The molecule has 0 aliphatic carbocycles. The first-order valence-electron chi connectivity index (χ1n) is 3.97. The minimum atomic E-state index is -0.187. The van der Waals surface area contributed by atoms with Gasteiger partial charge in [0, 0.05) is 0 Å². The molecule has 0 aliphatic heterocycles. The van der Waals surface area contributed by atoms with Crippen LogP contribution in [0.25, 0.3) is 0 Å². The zero-order chi connectivity index (χ0) is 11.7. The largest absolute Gasteiger partial charge is 2.00 e. The van der Waals surface area contributed by atoms with E-state index in [1.165, 1.54) is 27.7 Å². The van der Waals surface area contributed by atoms with Crippen molar-refractivity contribution in [2.75, 3.05) is 0 Å². The van der Waals surface area contributed by atoms with Crippen molar-refractivity contribution in [3.63, 3.8) is 0 Å². The second kappa shape index (κ2) is 12.0. The molecule has 0 aromatic carbocycles. The molecule has 0 saturated heterocycles. The molecule has 0 heterocycles. The molecule has 0 unspecified atom stereocenters. The van der Waals surface area contributed by atoms with Crippen LogP contribution in [0.15, 0.2) is 23.7 Å². The number of hydrogen-bond donors (Lipinski definition) is 0. The van der Waals surface area contributed by atoms with E-state index in [4.69, 9.17) is 0 Å². The zero-order valence-corrected chi connectivity index (χ0v) is 13.0. The molecule has 0 N–H and O–H groups in total. The molecule has 0 bridgehead atoms. The Morgan fingerprint density at radius 2 is 1.00 bits per heavy atom. The third kappa shape index (κ3) is 31.5. The summed E-state index contributed by atoms with van der Waals surface area (Å²) in [6, 6.07) is 0. The van der Waals surface area contributed by atoms with Gasteiger partial charge in [-0.15, -0.1) is 11.5 Å². The topological polar surface area (TPSA) is 80.3 Å². The fourth-order valence-electron chi connectivity index (χ4n) is 0.572. The fourth-order valence-corrected chi connectivity index (χ4v) is 0.572. The first-order chi connectivity index (χ1) is 6.25. The average Bonchev–Trinajstić information content (AvgIpc) is 1.79. The molecular formula is C10H14O4Sr. The van der Waals surface area contributed by atoms with Crippen LogP contribution in [0.5, 0.6) is 0 Å². The molecule has 0 aromatic rings. The Hall–Kier alpha value is -0.0995. The van der Waals surface area contributed by atoms with Crippen molar-refractivity contribution in [3.05, 3.63) is 23.7 Å². The second-order valence-electron chi connectivity index (χ2n) is 2.73. The molecule has 0 aromatic heterocycles. The van der Waals surface area contributed by atoms with E-state index in [2.05, 4.69) is 0 Å². The van der Waals surface area contributed by atoms with Crippen LogP contribution in [-0.4, -0.2) is 57.0 Å². The number of hydrogen-bond acceptors (Lipinski definition) is 4. The van der Waals surface area contributed by atoms with Crippen molar-refractivity contribution < 1.29 is 19.8 Å². The van der Waals surface area contributed by atoms with Gasteiger partial charge < -0.3 is 10.2 Å². The summed E-state index contributed by atoms with van der Waals surface area (Å²) in [5.41, 5.74) is 0. The molecule has 5 heteroatoms. The van der Waals surface area contributed by atoms with Crippen molar-refractivity contribution in [2.24, 2.45) is 0 Å². The predicted octanol–water partition coefficient (Wildman–Crippen LogP) is -0.702. The van der Waals surface area contributed by atoms with Gasteiger partial charge in [0.25, 0.3) is 0 Å². The first-order valence-corrected chi connectivity index (χ1v) is 3.97. The molecular weight excluding hydrogens is 272 g/mol. The van der Waals surface area contributed by atoms with Gasteiger partial charge in [-0.2, -0.15) is 0 Å². The van der Waals surface area contributed by atoms with E-state index in [1.54, 1.807) is 0 Å². The summed E-state index contributed by atoms with van der Waals surface area (Å²) in [6.45, 7) is 5.39. The predicted molar refractivity (Wildman–Crippen MR) is 54.6 cm³/mol. The third-order valence-corrected chi connectivity index (χ3v) is 0.813. The van der Waals surface area contributed by atoms with Crippen LogP contribution in [0, 0.1) is 0 Å². The maximum Gasteiger partial charge on any atom is 2.00 e. The fraction of sp³-hybridized carbons (Fsp3) is 0.400. The van der Waals surface area contributed by atoms with Crippen LogP contribution in [0.3, 0.4) is 0 Å². The number of carbonyl (C=O) groups excluding carboxylic acids is 2. The molecule has 4 nitrogen and oxygen atoms in total. The van der Waals surface area contributed by atoms with Crippen LogP contribution in [0.1, 0.15) is 27.7 Å². The van der Waals surface area contributed by atoms with Crippen LogP contribution < -0.4 is 10.2 Å². The van der Waals surface area contributed by atoms with E-state index in [9.17, 15) is 19.8 Å². The normalized spacial score (nSPS) is 10.7. The minimum absolute atomic E-state index is 0. The van der Waals surface area contributed by atoms with Gasteiger partial charge in [-0.1, -0.05) is 13.8 Å². The smallest absolute Gasteiger partial charge is 0.876 e. The molecule has 0 atom stereocenters. The Bertz CT molecular complexity index is 231. The van der Waals surface area contributed by atoms with Crippen LogP contribution in [0.2, 0.25) is 0 Å². The van der Waals surface area contributed by atoms with E-state index in [0.717, 1.165) is 12.2 Å². The molecule has 0 aliphatic rings. The number of allylic oxidation sites excluding steroid dienone is 4. The Kier molecular flexibility index (Phi) is 16.2. The summed E-state index contributed by atoms with van der Waals surface area (Å²) in [5, 5.41) is 20.0. The summed E-state index contributed by atoms with van der Waals surface area (Å²) in [4.78, 5) is 20.0. The van der Waals surface area contributed by atoms with Crippen LogP contribution in [0.4, 0.5) is 0 Å². The summed E-state index contributed by atoms with van der Waals surface area (Å²) < 4.78 is 0. The van der Waals surface area contributed by atoms with Crippen molar-refractivity contribution in [3.8, 4) is 0 Å². The van der Waals surface area contributed by atoms with E-state index in [-0.39, 0.29) is 68.6 Å². The standard InChI is InChI=1S/2C5H8O2.Sr/c2*1-4(6)3-5(2)7;/h2*3,6H,1-2H3;/q;;+2/p-2/b4-3+;4-3-;. The number of ketones is 2. The maximum atomic E-state index is 9.98. The molecule has 80 valence electrons. The van der Waals surface area contributed by atoms with Gasteiger partial charge in [-0.3, -0.25) is 9.59 Å². The van der Waals surface area contributed by atoms with Gasteiger partial charge in [0.2, 0.25) is 0 Å².